The zero-order valence-electron chi connectivity index (χ0n) is 10.9. The van der Waals surface area contributed by atoms with Gasteiger partial charge in [0, 0.05) is 18.7 Å². The first-order chi connectivity index (χ1) is 8.45. The summed E-state index contributed by atoms with van der Waals surface area (Å²) in [6.07, 6.45) is 0. The highest BCUT2D eigenvalue weighted by Crippen LogP contribution is 2.20. The van der Waals surface area contributed by atoms with Crippen molar-refractivity contribution in [3.8, 4) is 0 Å². The van der Waals surface area contributed by atoms with Crippen LogP contribution in [0.4, 0.5) is 4.39 Å². The van der Waals surface area contributed by atoms with Crippen molar-refractivity contribution in [3.63, 3.8) is 0 Å². The number of hydrogen-bond donors (Lipinski definition) is 0. The quantitative estimate of drug-likeness (QED) is 0.595. The van der Waals surface area contributed by atoms with Gasteiger partial charge in [0.15, 0.2) is 0 Å². The number of rotatable bonds is 5. The molecule has 0 fully saturated rings. The van der Waals surface area contributed by atoms with Crippen molar-refractivity contribution in [2.75, 3.05) is 13.1 Å². The third-order valence-electron chi connectivity index (χ3n) is 2.91. The van der Waals surface area contributed by atoms with Crippen molar-refractivity contribution in [1.82, 2.24) is 4.90 Å². The molecule has 0 spiro atoms. The number of carbonyl (C=O) groups is 2. The van der Waals surface area contributed by atoms with Crippen LogP contribution in [-0.2, 0) is 4.79 Å². The molecule has 1 rings (SSSR count). The molecule has 0 aromatic heterocycles. The molecule has 1 atom stereocenters. The normalized spacial score (nSPS) is 13.8. The summed E-state index contributed by atoms with van der Waals surface area (Å²) >= 11 is 0. The topological polar surface area (TPSA) is 37.4 Å². The van der Waals surface area contributed by atoms with E-state index in [1.807, 2.05) is 0 Å². The van der Waals surface area contributed by atoms with Gasteiger partial charge in [0.25, 0.3) is 5.91 Å². The molecule has 0 saturated heterocycles. The van der Waals surface area contributed by atoms with E-state index in [0.717, 1.165) is 6.92 Å². The van der Waals surface area contributed by atoms with Gasteiger partial charge in [-0.1, -0.05) is 30.3 Å². The fraction of sp³-hybridized carbons (Fsp3) is 0.429. The summed E-state index contributed by atoms with van der Waals surface area (Å²) in [5, 5.41) is 0. The highest BCUT2D eigenvalue weighted by molar-refractivity contribution is 6.16. The first-order valence-electron chi connectivity index (χ1n) is 6.03. The summed E-state index contributed by atoms with van der Waals surface area (Å²) in [5.41, 5.74) is -2.30. The van der Waals surface area contributed by atoms with E-state index in [9.17, 15) is 14.0 Å². The summed E-state index contributed by atoms with van der Waals surface area (Å²) in [7, 11) is 0. The van der Waals surface area contributed by atoms with Crippen molar-refractivity contribution in [1.29, 1.82) is 0 Å². The van der Waals surface area contributed by atoms with Crippen molar-refractivity contribution < 1.29 is 14.0 Å². The minimum absolute atomic E-state index is 0.211. The predicted octanol–water partition coefficient (Wildman–Crippen LogP) is 2.47. The number of nitrogens with zero attached hydrogens (tertiary/aromatic N) is 1. The van der Waals surface area contributed by atoms with Gasteiger partial charge < -0.3 is 4.90 Å². The third kappa shape index (κ3) is 2.75. The first-order valence-corrected chi connectivity index (χ1v) is 6.03. The van der Waals surface area contributed by atoms with Gasteiger partial charge >= 0.3 is 0 Å². The van der Waals surface area contributed by atoms with Gasteiger partial charge in [-0.15, -0.1) is 0 Å². The molecule has 0 heterocycles. The molecule has 4 heteroatoms. The number of Topliss-reactive ketones (excluding diaryl/α,β-unsaturated/α-hetero) is 1. The van der Waals surface area contributed by atoms with Crippen molar-refractivity contribution in [3.05, 3.63) is 35.9 Å². The summed E-state index contributed by atoms with van der Waals surface area (Å²) in [6, 6.07) is 8.04. The predicted molar refractivity (Wildman–Crippen MR) is 68.2 cm³/mol. The maximum atomic E-state index is 14.4. The van der Waals surface area contributed by atoms with Crippen LogP contribution in [0.15, 0.2) is 30.3 Å². The molecular formula is C14H18FNO2. The monoisotopic (exact) mass is 251 g/mol. The zero-order chi connectivity index (χ0) is 13.8. The number of carbonyl (C=O) groups excluding carboxylic acids is 2. The third-order valence-corrected chi connectivity index (χ3v) is 2.91. The number of hydrogen-bond acceptors (Lipinski definition) is 2. The van der Waals surface area contributed by atoms with Gasteiger partial charge in [0.05, 0.1) is 0 Å². The lowest BCUT2D eigenvalue weighted by Gasteiger charge is -2.26. The molecule has 0 aliphatic heterocycles. The lowest BCUT2D eigenvalue weighted by molar-refractivity contribution is -0.139. The van der Waals surface area contributed by atoms with Gasteiger partial charge in [-0.3, -0.25) is 9.59 Å². The Balaban J connectivity index is 2.99. The summed E-state index contributed by atoms with van der Waals surface area (Å²) in [5.74, 6) is -1.57. The fourth-order valence-electron chi connectivity index (χ4n) is 1.77. The molecule has 1 aromatic rings. The molecule has 1 amide bonds. The SMILES string of the molecule is CCN(CC)C(=O)C(C)(F)C(=O)c1ccccc1. The van der Waals surface area contributed by atoms with Crippen LogP contribution in [-0.4, -0.2) is 35.3 Å². The van der Waals surface area contributed by atoms with E-state index in [2.05, 4.69) is 0 Å². The van der Waals surface area contributed by atoms with Crippen molar-refractivity contribution >= 4 is 11.7 Å². The van der Waals surface area contributed by atoms with Crippen LogP contribution in [0.1, 0.15) is 31.1 Å². The van der Waals surface area contributed by atoms with Crippen LogP contribution in [0.2, 0.25) is 0 Å². The lowest BCUT2D eigenvalue weighted by atomic mass is 9.95. The van der Waals surface area contributed by atoms with E-state index < -0.39 is 17.4 Å². The van der Waals surface area contributed by atoms with Crippen LogP contribution in [0, 0.1) is 0 Å². The van der Waals surface area contributed by atoms with Crippen LogP contribution in [0.25, 0.3) is 0 Å². The molecule has 0 aliphatic rings. The summed E-state index contributed by atoms with van der Waals surface area (Å²) in [6.45, 7) is 5.31. The molecule has 0 radical (unpaired) electrons. The Bertz CT molecular complexity index is 425. The Hall–Kier alpha value is -1.71. The van der Waals surface area contributed by atoms with Gasteiger partial charge in [-0.2, -0.15) is 0 Å². The minimum Gasteiger partial charge on any atom is -0.340 e. The van der Waals surface area contributed by atoms with E-state index >= 15 is 0 Å². The molecule has 0 N–H and O–H groups in total. The van der Waals surface area contributed by atoms with Crippen LogP contribution in [0.5, 0.6) is 0 Å². The van der Waals surface area contributed by atoms with Crippen molar-refractivity contribution in [2.45, 2.75) is 26.4 Å². The molecule has 3 nitrogen and oxygen atoms in total. The Labute approximate surface area is 107 Å². The van der Waals surface area contributed by atoms with Crippen LogP contribution < -0.4 is 0 Å². The minimum atomic E-state index is -2.51. The van der Waals surface area contributed by atoms with Crippen LogP contribution >= 0.6 is 0 Å². The Kier molecular flexibility index (Phi) is 4.59. The van der Waals surface area contributed by atoms with E-state index in [1.165, 1.54) is 17.0 Å². The number of benzene rings is 1. The highest BCUT2D eigenvalue weighted by Gasteiger charge is 2.43. The lowest BCUT2D eigenvalue weighted by Crippen LogP contribution is -2.49. The van der Waals surface area contributed by atoms with Crippen LogP contribution in [0.3, 0.4) is 0 Å². The number of alkyl halides is 1. The smallest absolute Gasteiger partial charge is 0.268 e. The molecule has 98 valence electrons. The zero-order valence-corrected chi connectivity index (χ0v) is 10.9. The molecule has 0 saturated carbocycles. The first kappa shape index (κ1) is 14.4. The second-order valence-electron chi connectivity index (χ2n) is 4.18. The van der Waals surface area contributed by atoms with E-state index in [-0.39, 0.29) is 5.56 Å². The van der Waals surface area contributed by atoms with E-state index in [4.69, 9.17) is 0 Å². The van der Waals surface area contributed by atoms with E-state index in [1.54, 1.807) is 32.0 Å². The standard InChI is InChI=1S/C14H18FNO2/c1-4-16(5-2)13(18)14(3,15)12(17)11-9-7-6-8-10-11/h6-10H,4-5H2,1-3H3. The van der Waals surface area contributed by atoms with Gasteiger partial charge in [-0.05, 0) is 20.8 Å². The number of halogens is 1. The summed E-state index contributed by atoms with van der Waals surface area (Å²) in [4.78, 5) is 25.3. The Morgan fingerprint density at radius 3 is 2.11 bits per heavy atom. The Morgan fingerprint density at radius 2 is 1.67 bits per heavy atom. The second-order valence-corrected chi connectivity index (χ2v) is 4.18. The van der Waals surface area contributed by atoms with E-state index in [0.29, 0.717) is 13.1 Å². The fourth-order valence-corrected chi connectivity index (χ4v) is 1.77. The number of amides is 1. The van der Waals surface area contributed by atoms with Gasteiger partial charge in [-0.25, -0.2) is 4.39 Å². The molecule has 1 unspecified atom stereocenters. The van der Waals surface area contributed by atoms with Gasteiger partial charge in [0.1, 0.15) is 0 Å². The number of ketones is 1. The molecule has 0 aliphatic carbocycles. The highest BCUT2D eigenvalue weighted by atomic mass is 19.1. The van der Waals surface area contributed by atoms with Crippen molar-refractivity contribution in [2.24, 2.45) is 0 Å². The second kappa shape index (κ2) is 5.76. The molecule has 0 bridgehead atoms. The maximum absolute atomic E-state index is 14.4. The largest absolute Gasteiger partial charge is 0.340 e. The molecular weight excluding hydrogens is 233 g/mol. The molecule has 1 aromatic carbocycles. The Morgan fingerprint density at radius 1 is 1.17 bits per heavy atom. The average Bonchev–Trinajstić information content (AvgIpc) is 2.40. The summed E-state index contributed by atoms with van der Waals surface area (Å²) < 4.78 is 14.4. The molecule has 18 heavy (non-hydrogen) atoms. The average molecular weight is 251 g/mol. The van der Waals surface area contributed by atoms with Gasteiger partial charge in [0.2, 0.25) is 11.5 Å². The maximum Gasteiger partial charge on any atom is 0.268 e.